The summed E-state index contributed by atoms with van der Waals surface area (Å²) < 4.78 is 6.28. The van der Waals surface area contributed by atoms with Gasteiger partial charge < -0.3 is 15.2 Å². The lowest BCUT2D eigenvalue weighted by Gasteiger charge is -2.11. The van der Waals surface area contributed by atoms with Crippen molar-refractivity contribution < 1.29 is 19.4 Å². The zero-order chi connectivity index (χ0) is 14.4. The molecule has 104 valence electrons. The van der Waals surface area contributed by atoms with Crippen LogP contribution in [0, 0.1) is 6.92 Å². The molecule has 0 aliphatic carbocycles. The first-order valence-corrected chi connectivity index (χ1v) is 6.60. The number of halogens is 1. The van der Waals surface area contributed by atoms with Crippen LogP contribution in [0.5, 0.6) is 5.75 Å². The average molecular weight is 330 g/mol. The van der Waals surface area contributed by atoms with E-state index >= 15 is 0 Å². The molecule has 1 aromatic carbocycles. The highest BCUT2D eigenvalue weighted by Crippen LogP contribution is 2.25. The third-order valence-corrected chi connectivity index (χ3v) is 3.04. The minimum Gasteiger partial charge on any atom is -0.492 e. The SMILES string of the molecule is Cc1ccc(OCCC(=O)N[C@H](C)C(=O)O)c(Br)c1. The molecular weight excluding hydrogens is 314 g/mol. The van der Waals surface area contributed by atoms with Crippen molar-refractivity contribution in [2.75, 3.05) is 6.61 Å². The Balaban J connectivity index is 2.38. The summed E-state index contributed by atoms with van der Waals surface area (Å²) in [7, 11) is 0. The number of carboxylic acid groups (broad SMARTS) is 1. The molecule has 1 rings (SSSR count). The Morgan fingerprint density at radius 1 is 1.47 bits per heavy atom. The standard InChI is InChI=1S/C13H16BrNO4/c1-8-3-4-11(10(14)7-8)19-6-5-12(16)15-9(2)13(17)18/h3-4,7,9H,5-6H2,1-2H3,(H,15,16)(H,17,18)/t9-/m1/s1. The normalized spacial score (nSPS) is 11.7. The lowest BCUT2D eigenvalue weighted by Crippen LogP contribution is -2.38. The number of amides is 1. The van der Waals surface area contributed by atoms with E-state index in [1.54, 1.807) is 0 Å². The Kier molecular flexibility index (Phi) is 5.82. The van der Waals surface area contributed by atoms with E-state index in [9.17, 15) is 9.59 Å². The van der Waals surface area contributed by atoms with Crippen LogP contribution in [0.1, 0.15) is 18.9 Å². The monoisotopic (exact) mass is 329 g/mol. The maximum absolute atomic E-state index is 11.4. The molecule has 0 radical (unpaired) electrons. The quantitative estimate of drug-likeness (QED) is 0.838. The molecule has 0 unspecified atom stereocenters. The van der Waals surface area contributed by atoms with Crippen molar-refractivity contribution in [1.29, 1.82) is 0 Å². The molecule has 0 heterocycles. The Hall–Kier alpha value is -1.56. The van der Waals surface area contributed by atoms with Crippen LogP contribution < -0.4 is 10.1 Å². The first-order valence-electron chi connectivity index (χ1n) is 5.81. The second-order valence-corrected chi connectivity index (χ2v) is 5.01. The topological polar surface area (TPSA) is 75.6 Å². The molecule has 0 aliphatic heterocycles. The highest BCUT2D eigenvalue weighted by atomic mass is 79.9. The van der Waals surface area contributed by atoms with Crippen LogP contribution in [0.3, 0.4) is 0 Å². The number of nitrogens with one attached hydrogen (secondary N) is 1. The molecule has 0 saturated carbocycles. The van der Waals surface area contributed by atoms with Gasteiger partial charge in [0.05, 0.1) is 17.5 Å². The highest BCUT2D eigenvalue weighted by molar-refractivity contribution is 9.10. The Bertz CT molecular complexity index is 476. The molecule has 0 bridgehead atoms. The van der Waals surface area contributed by atoms with Gasteiger partial charge in [-0.05, 0) is 47.5 Å². The second-order valence-electron chi connectivity index (χ2n) is 4.16. The van der Waals surface area contributed by atoms with Gasteiger partial charge in [-0.1, -0.05) is 6.07 Å². The summed E-state index contributed by atoms with van der Waals surface area (Å²) in [6, 6.07) is 4.75. The van der Waals surface area contributed by atoms with E-state index in [4.69, 9.17) is 9.84 Å². The number of carbonyl (C=O) groups is 2. The third-order valence-electron chi connectivity index (χ3n) is 2.42. The molecule has 2 N–H and O–H groups in total. The number of hydrogen-bond acceptors (Lipinski definition) is 3. The molecule has 0 spiro atoms. The summed E-state index contributed by atoms with van der Waals surface area (Å²) in [6.45, 7) is 3.58. The predicted octanol–water partition coefficient (Wildman–Crippen LogP) is 2.12. The van der Waals surface area contributed by atoms with E-state index in [1.165, 1.54) is 6.92 Å². The van der Waals surface area contributed by atoms with E-state index < -0.39 is 12.0 Å². The minimum atomic E-state index is -1.06. The van der Waals surface area contributed by atoms with Crippen molar-refractivity contribution in [2.45, 2.75) is 26.3 Å². The van der Waals surface area contributed by atoms with E-state index in [2.05, 4.69) is 21.2 Å². The molecule has 0 aromatic heterocycles. The van der Waals surface area contributed by atoms with Crippen molar-refractivity contribution >= 4 is 27.8 Å². The first kappa shape index (κ1) is 15.5. The summed E-state index contributed by atoms with van der Waals surface area (Å²) >= 11 is 3.37. The summed E-state index contributed by atoms with van der Waals surface area (Å²) in [5.74, 6) is -0.752. The highest BCUT2D eigenvalue weighted by Gasteiger charge is 2.13. The van der Waals surface area contributed by atoms with Crippen LogP contribution in [0.2, 0.25) is 0 Å². The summed E-state index contributed by atoms with van der Waals surface area (Å²) in [5, 5.41) is 11.0. The molecule has 1 atom stereocenters. The number of benzene rings is 1. The molecule has 1 aromatic rings. The number of rotatable bonds is 6. The van der Waals surface area contributed by atoms with Gasteiger partial charge in [-0.3, -0.25) is 9.59 Å². The average Bonchev–Trinajstić information content (AvgIpc) is 2.31. The fraction of sp³-hybridized carbons (Fsp3) is 0.385. The van der Waals surface area contributed by atoms with Crippen LogP contribution in [-0.2, 0) is 9.59 Å². The molecule has 1 amide bonds. The molecule has 6 heteroatoms. The van der Waals surface area contributed by atoms with Crippen LogP contribution >= 0.6 is 15.9 Å². The van der Waals surface area contributed by atoms with Gasteiger partial charge in [0.25, 0.3) is 0 Å². The maximum atomic E-state index is 11.4. The van der Waals surface area contributed by atoms with Crippen LogP contribution in [-0.4, -0.2) is 29.6 Å². The molecular formula is C13H16BrNO4. The van der Waals surface area contributed by atoms with Gasteiger partial charge in [-0.25, -0.2) is 0 Å². The minimum absolute atomic E-state index is 0.109. The molecule has 19 heavy (non-hydrogen) atoms. The van der Waals surface area contributed by atoms with Gasteiger partial charge in [0.15, 0.2) is 0 Å². The van der Waals surface area contributed by atoms with Gasteiger partial charge in [-0.2, -0.15) is 0 Å². The Morgan fingerprint density at radius 3 is 2.74 bits per heavy atom. The number of ether oxygens (including phenoxy) is 1. The van der Waals surface area contributed by atoms with Crippen molar-refractivity contribution in [2.24, 2.45) is 0 Å². The second kappa shape index (κ2) is 7.13. The van der Waals surface area contributed by atoms with Gasteiger partial charge in [-0.15, -0.1) is 0 Å². The number of aliphatic carboxylic acids is 1. The van der Waals surface area contributed by atoms with Crippen LogP contribution in [0.4, 0.5) is 0 Å². The van der Waals surface area contributed by atoms with Gasteiger partial charge in [0.2, 0.25) is 5.91 Å². The number of hydrogen-bond donors (Lipinski definition) is 2. The van der Waals surface area contributed by atoms with Gasteiger partial charge in [0, 0.05) is 0 Å². The van der Waals surface area contributed by atoms with Gasteiger partial charge in [0.1, 0.15) is 11.8 Å². The smallest absolute Gasteiger partial charge is 0.325 e. The zero-order valence-electron chi connectivity index (χ0n) is 10.8. The van der Waals surface area contributed by atoms with Crippen LogP contribution in [0.25, 0.3) is 0 Å². The summed E-state index contributed by atoms with van der Waals surface area (Å²) in [5.41, 5.74) is 1.10. The largest absolute Gasteiger partial charge is 0.492 e. The summed E-state index contributed by atoms with van der Waals surface area (Å²) in [4.78, 5) is 22.0. The van der Waals surface area contributed by atoms with E-state index in [-0.39, 0.29) is 18.9 Å². The van der Waals surface area contributed by atoms with Gasteiger partial charge >= 0.3 is 5.97 Å². The summed E-state index contributed by atoms with van der Waals surface area (Å²) in [6.07, 6.45) is 0.109. The predicted molar refractivity (Wildman–Crippen MR) is 74.2 cm³/mol. The maximum Gasteiger partial charge on any atom is 0.325 e. The van der Waals surface area contributed by atoms with Crippen molar-refractivity contribution in [1.82, 2.24) is 5.32 Å². The van der Waals surface area contributed by atoms with Crippen molar-refractivity contribution in [3.63, 3.8) is 0 Å². The first-order chi connectivity index (χ1) is 8.90. The van der Waals surface area contributed by atoms with E-state index in [0.29, 0.717) is 5.75 Å². The van der Waals surface area contributed by atoms with Crippen molar-refractivity contribution in [3.05, 3.63) is 28.2 Å². The molecule has 0 aliphatic rings. The zero-order valence-corrected chi connectivity index (χ0v) is 12.4. The lowest BCUT2D eigenvalue weighted by atomic mass is 10.2. The number of carboxylic acids is 1. The fourth-order valence-corrected chi connectivity index (χ4v) is 1.96. The fourth-order valence-electron chi connectivity index (χ4n) is 1.35. The van der Waals surface area contributed by atoms with E-state index in [1.807, 2.05) is 25.1 Å². The Morgan fingerprint density at radius 2 is 2.16 bits per heavy atom. The Labute approximate surface area is 120 Å². The lowest BCUT2D eigenvalue weighted by molar-refractivity contribution is -0.141. The number of carbonyl (C=O) groups excluding carboxylic acids is 1. The molecule has 5 nitrogen and oxygen atoms in total. The van der Waals surface area contributed by atoms with E-state index in [0.717, 1.165) is 10.0 Å². The molecule has 0 fully saturated rings. The van der Waals surface area contributed by atoms with Crippen LogP contribution in [0.15, 0.2) is 22.7 Å². The third kappa shape index (κ3) is 5.30. The number of aryl methyl sites for hydroxylation is 1. The molecule has 0 saturated heterocycles. The van der Waals surface area contributed by atoms with Crippen molar-refractivity contribution in [3.8, 4) is 5.75 Å².